The number of hydrogen-bond donors (Lipinski definition) is 2. The Morgan fingerprint density at radius 1 is 1.05 bits per heavy atom. The highest BCUT2D eigenvalue weighted by molar-refractivity contribution is 5.82. The molecule has 0 aliphatic carbocycles. The molecular weight excluding hydrogens is 244 g/mol. The van der Waals surface area contributed by atoms with Gasteiger partial charge in [0.1, 0.15) is 0 Å². The average molecular weight is 270 g/mol. The van der Waals surface area contributed by atoms with Crippen molar-refractivity contribution >= 4 is 10.8 Å². The van der Waals surface area contributed by atoms with E-state index >= 15 is 0 Å². The first-order valence-corrected chi connectivity index (χ1v) is 7.42. The summed E-state index contributed by atoms with van der Waals surface area (Å²) in [7, 11) is 0. The predicted octanol–water partition coefficient (Wildman–Crippen LogP) is 4.04. The van der Waals surface area contributed by atoms with Crippen molar-refractivity contribution in [3.63, 3.8) is 0 Å². The van der Waals surface area contributed by atoms with Crippen molar-refractivity contribution in [2.75, 3.05) is 0 Å². The van der Waals surface area contributed by atoms with Gasteiger partial charge in [-0.3, -0.25) is 11.3 Å². The minimum Gasteiger partial charge on any atom is -0.271 e. The van der Waals surface area contributed by atoms with Crippen LogP contribution >= 0.6 is 0 Å². The second-order valence-corrected chi connectivity index (χ2v) is 6.85. The molecule has 3 N–H and O–H groups in total. The molecule has 2 aromatic rings. The second-order valence-electron chi connectivity index (χ2n) is 6.85. The second kappa shape index (κ2) is 6.38. The van der Waals surface area contributed by atoms with Gasteiger partial charge in [0.25, 0.3) is 0 Å². The fraction of sp³-hybridized carbons (Fsp3) is 0.444. The highest BCUT2D eigenvalue weighted by atomic mass is 15.2. The molecular formula is C18H26N2. The lowest BCUT2D eigenvalue weighted by molar-refractivity contribution is 0.330. The van der Waals surface area contributed by atoms with Crippen molar-refractivity contribution in [1.29, 1.82) is 0 Å². The number of fused-ring (bicyclic) bond motifs is 1. The molecule has 2 rings (SSSR count). The van der Waals surface area contributed by atoms with Crippen molar-refractivity contribution < 1.29 is 0 Å². The number of hydrogen-bond acceptors (Lipinski definition) is 2. The fourth-order valence-electron chi connectivity index (χ4n) is 2.50. The molecule has 0 heterocycles. The van der Waals surface area contributed by atoms with Gasteiger partial charge in [0, 0.05) is 6.04 Å². The van der Waals surface area contributed by atoms with Crippen molar-refractivity contribution in [1.82, 2.24) is 5.43 Å². The van der Waals surface area contributed by atoms with E-state index in [1.54, 1.807) is 0 Å². The highest BCUT2D eigenvalue weighted by Crippen LogP contribution is 2.23. The summed E-state index contributed by atoms with van der Waals surface area (Å²) in [6.45, 7) is 6.82. The first-order chi connectivity index (χ1) is 9.48. The Balaban J connectivity index is 2.05. The largest absolute Gasteiger partial charge is 0.271 e. The Labute approximate surface area is 122 Å². The van der Waals surface area contributed by atoms with E-state index in [1.165, 1.54) is 22.8 Å². The Hall–Kier alpha value is -1.38. The molecule has 0 fully saturated rings. The van der Waals surface area contributed by atoms with Crippen LogP contribution in [0.25, 0.3) is 10.8 Å². The van der Waals surface area contributed by atoms with Gasteiger partial charge in [-0.05, 0) is 41.0 Å². The lowest BCUT2D eigenvalue weighted by Gasteiger charge is -2.23. The third-order valence-corrected chi connectivity index (χ3v) is 3.77. The number of benzene rings is 2. The van der Waals surface area contributed by atoms with Crippen LogP contribution in [0.3, 0.4) is 0 Å². The van der Waals surface area contributed by atoms with E-state index in [0.717, 1.165) is 12.8 Å². The van der Waals surface area contributed by atoms with Crippen LogP contribution in [-0.4, -0.2) is 6.04 Å². The molecule has 2 heteroatoms. The molecule has 0 radical (unpaired) electrons. The van der Waals surface area contributed by atoms with Gasteiger partial charge in [0.05, 0.1) is 0 Å². The minimum atomic E-state index is 0.343. The van der Waals surface area contributed by atoms with Gasteiger partial charge in [0.15, 0.2) is 0 Å². The van der Waals surface area contributed by atoms with E-state index < -0.39 is 0 Å². The highest BCUT2D eigenvalue weighted by Gasteiger charge is 2.15. The zero-order valence-electron chi connectivity index (χ0n) is 12.8. The molecule has 0 bridgehead atoms. The summed E-state index contributed by atoms with van der Waals surface area (Å²) in [6.07, 6.45) is 3.26. The van der Waals surface area contributed by atoms with Crippen LogP contribution in [0.15, 0.2) is 42.5 Å². The summed E-state index contributed by atoms with van der Waals surface area (Å²) < 4.78 is 0. The van der Waals surface area contributed by atoms with Crippen LogP contribution in [0, 0.1) is 5.41 Å². The SMILES string of the molecule is CC(C)(C)CCC(Cc1ccc2ccccc2c1)NN. The van der Waals surface area contributed by atoms with Gasteiger partial charge in [-0.1, -0.05) is 63.2 Å². The molecule has 0 aliphatic rings. The van der Waals surface area contributed by atoms with Crippen molar-refractivity contribution in [2.45, 2.75) is 46.1 Å². The topological polar surface area (TPSA) is 38.0 Å². The summed E-state index contributed by atoms with van der Waals surface area (Å²) in [4.78, 5) is 0. The quantitative estimate of drug-likeness (QED) is 0.635. The predicted molar refractivity (Wildman–Crippen MR) is 87.5 cm³/mol. The molecule has 2 nitrogen and oxygen atoms in total. The smallest absolute Gasteiger partial charge is 0.0251 e. The van der Waals surface area contributed by atoms with E-state index in [9.17, 15) is 0 Å². The van der Waals surface area contributed by atoms with Crippen LogP contribution in [0.2, 0.25) is 0 Å². The third-order valence-electron chi connectivity index (χ3n) is 3.77. The van der Waals surface area contributed by atoms with Crippen molar-refractivity contribution in [3.8, 4) is 0 Å². The van der Waals surface area contributed by atoms with E-state index in [0.29, 0.717) is 11.5 Å². The monoisotopic (exact) mass is 270 g/mol. The molecule has 2 aromatic carbocycles. The van der Waals surface area contributed by atoms with E-state index in [2.05, 4.69) is 68.7 Å². The fourth-order valence-corrected chi connectivity index (χ4v) is 2.50. The summed E-state index contributed by atoms with van der Waals surface area (Å²) in [6, 6.07) is 15.5. The summed E-state index contributed by atoms with van der Waals surface area (Å²) >= 11 is 0. The molecule has 0 aromatic heterocycles. The maximum Gasteiger partial charge on any atom is 0.0251 e. The summed E-state index contributed by atoms with van der Waals surface area (Å²) in [5.74, 6) is 5.71. The van der Waals surface area contributed by atoms with Gasteiger partial charge < -0.3 is 0 Å². The Kier molecular flexibility index (Phi) is 4.79. The Morgan fingerprint density at radius 3 is 2.40 bits per heavy atom. The molecule has 0 spiro atoms. The first kappa shape index (κ1) is 15.0. The van der Waals surface area contributed by atoms with Crippen LogP contribution in [-0.2, 0) is 6.42 Å². The van der Waals surface area contributed by atoms with Crippen LogP contribution in [0.4, 0.5) is 0 Å². The summed E-state index contributed by atoms with van der Waals surface area (Å²) in [5, 5.41) is 2.60. The standard InChI is InChI=1S/C18H26N2/c1-18(2,3)11-10-17(20-19)13-14-8-9-15-6-4-5-7-16(15)12-14/h4-9,12,17,20H,10-11,13,19H2,1-3H3. The molecule has 0 saturated carbocycles. The van der Waals surface area contributed by atoms with E-state index in [-0.39, 0.29) is 0 Å². The molecule has 20 heavy (non-hydrogen) atoms. The minimum absolute atomic E-state index is 0.343. The van der Waals surface area contributed by atoms with Gasteiger partial charge in [0.2, 0.25) is 0 Å². The normalized spacial score (nSPS) is 13.6. The maximum absolute atomic E-state index is 5.71. The number of nitrogens with two attached hydrogens (primary N) is 1. The number of hydrazine groups is 1. The van der Waals surface area contributed by atoms with Crippen molar-refractivity contribution in [2.24, 2.45) is 11.3 Å². The van der Waals surface area contributed by atoms with E-state index in [1.807, 2.05) is 0 Å². The number of rotatable bonds is 5. The van der Waals surface area contributed by atoms with Crippen LogP contribution in [0.5, 0.6) is 0 Å². The third kappa shape index (κ3) is 4.32. The zero-order valence-corrected chi connectivity index (χ0v) is 12.8. The van der Waals surface area contributed by atoms with Gasteiger partial charge in [-0.25, -0.2) is 0 Å². The molecule has 0 saturated heterocycles. The maximum atomic E-state index is 5.71. The van der Waals surface area contributed by atoms with Crippen molar-refractivity contribution in [3.05, 3.63) is 48.0 Å². The molecule has 1 atom stereocenters. The molecule has 108 valence electrons. The lowest BCUT2D eigenvalue weighted by Crippen LogP contribution is -2.37. The zero-order chi connectivity index (χ0) is 14.6. The van der Waals surface area contributed by atoms with Gasteiger partial charge >= 0.3 is 0 Å². The molecule has 0 amide bonds. The Bertz CT molecular complexity index is 555. The average Bonchev–Trinajstić information content (AvgIpc) is 2.42. The first-order valence-electron chi connectivity index (χ1n) is 7.42. The lowest BCUT2D eigenvalue weighted by atomic mass is 9.87. The molecule has 1 unspecified atom stereocenters. The Morgan fingerprint density at radius 2 is 1.75 bits per heavy atom. The van der Waals surface area contributed by atoms with Crippen LogP contribution in [0.1, 0.15) is 39.2 Å². The van der Waals surface area contributed by atoms with Gasteiger partial charge in [-0.2, -0.15) is 0 Å². The number of nitrogens with one attached hydrogen (secondary N) is 1. The van der Waals surface area contributed by atoms with E-state index in [4.69, 9.17) is 5.84 Å². The summed E-state index contributed by atoms with van der Waals surface area (Å²) in [5.41, 5.74) is 4.68. The van der Waals surface area contributed by atoms with Gasteiger partial charge in [-0.15, -0.1) is 0 Å². The van der Waals surface area contributed by atoms with Crippen LogP contribution < -0.4 is 11.3 Å². The molecule has 0 aliphatic heterocycles.